The molecule has 0 heterocycles. The first-order valence-corrected chi connectivity index (χ1v) is 4.27. The Labute approximate surface area is 87.3 Å². The van der Waals surface area contributed by atoms with E-state index in [4.69, 9.17) is 10.2 Å². The molecule has 0 atom stereocenters. The molecule has 6 nitrogen and oxygen atoms in total. The van der Waals surface area contributed by atoms with Crippen molar-refractivity contribution in [2.24, 2.45) is 4.99 Å². The minimum atomic E-state index is -1.00. The van der Waals surface area contributed by atoms with Crippen LogP contribution < -0.4 is 5.32 Å². The van der Waals surface area contributed by atoms with Crippen LogP contribution in [0, 0.1) is 0 Å². The lowest BCUT2D eigenvalue weighted by Crippen LogP contribution is -2.14. The summed E-state index contributed by atoms with van der Waals surface area (Å²) in [6.07, 6.45) is 1.03. The SMILES string of the molecule is CN=C(/C=C(/CC(=O)O)NC)CC(=O)O. The Bertz CT molecular complexity index is 307. The number of carboxylic acid groups (broad SMARTS) is 2. The molecule has 0 aromatic heterocycles. The Morgan fingerprint density at radius 3 is 2.13 bits per heavy atom. The van der Waals surface area contributed by atoms with Gasteiger partial charge in [-0.25, -0.2) is 0 Å². The molecule has 6 heteroatoms. The van der Waals surface area contributed by atoms with Crippen LogP contribution in [-0.2, 0) is 9.59 Å². The third-order valence-electron chi connectivity index (χ3n) is 1.62. The van der Waals surface area contributed by atoms with Crippen LogP contribution in [-0.4, -0.2) is 42.0 Å². The maximum absolute atomic E-state index is 10.4. The van der Waals surface area contributed by atoms with E-state index in [9.17, 15) is 9.59 Å². The van der Waals surface area contributed by atoms with Gasteiger partial charge in [-0.2, -0.15) is 0 Å². The van der Waals surface area contributed by atoms with Crippen LogP contribution in [0.5, 0.6) is 0 Å². The van der Waals surface area contributed by atoms with Crippen molar-refractivity contribution in [3.63, 3.8) is 0 Å². The van der Waals surface area contributed by atoms with Crippen LogP contribution in [0.15, 0.2) is 16.8 Å². The molecular weight excluding hydrogens is 200 g/mol. The average Bonchev–Trinajstić information content (AvgIpc) is 2.14. The molecule has 0 bridgehead atoms. The Balaban J connectivity index is 4.63. The maximum atomic E-state index is 10.4. The van der Waals surface area contributed by atoms with Crippen molar-refractivity contribution in [2.45, 2.75) is 12.8 Å². The number of hydrogen-bond acceptors (Lipinski definition) is 4. The van der Waals surface area contributed by atoms with Gasteiger partial charge in [-0.05, 0) is 6.08 Å². The van der Waals surface area contributed by atoms with E-state index in [1.165, 1.54) is 13.1 Å². The monoisotopic (exact) mass is 214 g/mol. The summed E-state index contributed by atoms with van der Waals surface area (Å²) in [6, 6.07) is 0. The zero-order valence-electron chi connectivity index (χ0n) is 8.65. The zero-order chi connectivity index (χ0) is 11.8. The Morgan fingerprint density at radius 2 is 1.80 bits per heavy atom. The van der Waals surface area contributed by atoms with Crippen molar-refractivity contribution in [2.75, 3.05) is 14.1 Å². The van der Waals surface area contributed by atoms with Crippen LogP contribution in [0.2, 0.25) is 0 Å². The smallest absolute Gasteiger partial charge is 0.309 e. The van der Waals surface area contributed by atoms with Crippen LogP contribution in [0.25, 0.3) is 0 Å². The quantitative estimate of drug-likeness (QED) is 0.545. The largest absolute Gasteiger partial charge is 0.481 e. The van der Waals surface area contributed by atoms with Crippen LogP contribution in [0.4, 0.5) is 0 Å². The van der Waals surface area contributed by atoms with Gasteiger partial charge in [0.2, 0.25) is 0 Å². The zero-order valence-corrected chi connectivity index (χ0v) is 8.65. The number of rotatable bonds is 6. The molecule has 0 fully saturated rings. The number of carbonyl (C=O) groups is 2. The second kappa shape index (κ2) is 6.58. The van der Waals surface area contributed by atoms with Crippen LogP contribution in [0.3, 0.4) is 0 Å². The van der Waals surface area contributed by atoms with Crippen molar-refractivity contribution in [1.29, 1.82) is 0 Å². The molecule has 0 aliphatic rings. The normalized spacial score (nSPS) is 12.4. The first kappa shape index (κ1) is 13.2. The molecule has 0 amide bonds. The Morgan fingerprint density at radius 1 is 1.27 bits per heavy atom. The molecule has 0 aliphatic carbocycles. The van der Waals surface area contributed by atoms with E-state index >= 15 is 0 Å². The van der Waals surface area contributed by atoms with E-state index < -0.39 is 11.9 Å². The summed E-state index contributed by atoms with van der Waals surface area (Å²) < 4.78 is 0. The summed E-state index contributed by atoms with van der Waals surface area (Å²) in [4.78, 5) is 24.6. The highest BCUT2D eigenvalue weighted by molar-refractivity contribution is 6.05. The van der Waals surface area contributed by atoms with Crippen molar-refractivity contribution in [1.82, 2.24) is 5.32 Å². The summed E-state index contributed by atoms with van der Waals surface area (Å²) in [5.74, 6) is -1.99. The number of carboxylic acids is 2. The van der Waals surface area contributed by atoms with Crippen molar-refractivity contribution in [3.8, 4) is 0 Å². The fourth-order valence-electron chi connectivity index (χ4n) is 0.925. The van der Waals surface area contributed by atoms with Gasteiger partial charge in [-0.1, -0.05) is 0 Å². The van der Waals surface area contributed by atoms with Gasteiger partial charge in [-0.15, -0.1) is 0 Å². The molecule has 0 aliphatic heterocycles. The van der Waals surface area contributed by atoms with Crippen molar-refractivity contribution >= 4 is 17.7 Å². The standard InChI is InChI=1S/C9H14N2O4/c1-10-6(4-8(12)13)3-7(11-2)5-9(14)15/h3,10H,4-5H2,1-2H3,(H,12,13)(H,14,15)/b6-3-,11-7?. The maximum Gasteiger partial charge on any atom is 0.309 e. The van der Waals surface area contributed by atoms with Gasteiger partial charge in [0.1, 0.15) is 0 Å². The van der Waals surface area contributed by atoms with E-state index in [1.807, 2.05) is 0 Å². The lowest BCUT2D eigenvalue weighted by Gasteiger charge is -2.04. The molecule has 0 aromatic carbocycles. The second-order valence-electron chi connectivity index (χ2n) is 2.78. The topological polar surface area (TPSA) is 99.0 Å². The van der Waals surface area contributed by atoms with Gasteiger partial charge in [0, 0.05) is 25.5 Å². The fraction of sp³-hybridized carbons (Fsp3) is 0.444. The number of allylic oxidation sites excluding steroid dienone is 1. The molecule has 0 unspecified atom stereocenters. The lowest BCUT2D eigenvalue weighted by molar-refractivity contribution is -0.136. The number of nitrogens with one attached hydrogen (secondary N) is 1. The highest BCUT2D eigenvalue weighted by atomic mass is 16.4. The summed E-state index contributed by atoms with van der Waals surface area (Å²) in [6.45, 7) is 0. The number of nitrogens with zero attached hydrogens (tertiary/aromatic N) is 1. The van der Waals surface area contributed by atoms with Crippen LogP contribution >= 0.6 is 0 Å². The van der Waals surface area contributed by atoms with Crippen LogP contribution in [0.1, 0.15) is 12.8 Å². The summed E-state index contributed by atoms with van der Waals surface area (Å²) in [5.41, 5.74) is 0.748. The molecule has 0 spiro atoms. The third-order valence-corrected chi connectivity index (χ3v) is 1.62. The lowest BCUT2D eigenvalue weighted by atomic mass is 10.2. The van der Waals surface area contributed by atoms with Gasteiger partial charge < -0.3 is 15.5 Å². The molecule has 3 N–H and O–H groups in total. The van der Waals surface area contributed by atoms with Crippen molar-refractivity contribution in [3.05, 3.63) is 11.8 Å². The fourth-order valence-corrected chi connectivity index (χ4v) is 0.925. The Hall–Kier alpha value is -1.85. The highest BCUT2D eigenvalue weighted by Crippen LogP contribution is 1.99. The van der Waals surface area contributed by atoms with E-state index in [0.717, 1.165) is 0 Å². The number of aliphatic carboxylic acids is 2. The summed E-state index contributed by atoms with van der Waals surface area (Å²) in [7, 11) is 3.03. The molecule has 0 saturated carbocycles. The molecule has 0 aromatic rings. The van der Waals surface area contributed by atoms with Gasteiger partial charge >= 0.3 is 11.9 Å². The first-order valence-electron chi connectivity index (χ1n) is 4.27. The van der Waals surface area contributed by atoms with Gasteiger partial charge in [0.05, 0.1) is 12.8 Å². The summed E-state index contributed by atoms with van der Waals surface area (Å²) in [5, 5.41) is 19.8. The van der Waals surface area contributed by atoms with E-state index in [-0.39, 0.29) is 12.8 Å². The molecule has 15 heavy (non-hydrogen) atoms. The van der Waals surface area contributed by atoms with Crippen molar-refractivity contribution < 1.29 is 19.8 Å². The van der Waals surface area contributed by atoms with Gasteiger partial charge in [0.25, 0.3) is 0 Å². The molecule has 0 saturated heterocycles. The second-order valence-corrected chi connectivity index (χ2v) is 2.78. The predicted molar refractivity (Wildman–Crippen MR) is 55.0 cm³/mol. The van der Waals surface area contributed by atoms with Gasteiger partial charge in [-0.3, -0.25) is 14.6 Å². The van der Waals surface area contributed by atoms with E-state index in [2.05, 4.69) is 10.3 Å². The number of aliphatic imine (C=N–C) groups is 1. The molecular formula is C9H14N2O4. The van der Waals surface area contributed by atoms with Gasteiger partial charge in [0.15, 0.2) is 0 Å². The molecule has 84 valence electrons. The molecule has 0 rings (SSSR count). The highest BCUT2D eigenvalue weighted by Gasteiger charge is 2.06. The molecule has 0 radical (unpaired) electrons. The van der Waals surface area contributed by atoms with E-state index in [1.54, 1.807) is 7.05 Å². The Kier molecular flexibility index (Phi) is 5.77. The first-order chi connectivity index (χ1) is 6.99. The minimum Gasteiger partial charge on any atom is -0.481 e. The number of hydrogen-bond donors (Lipinski definition) is 3. The minimum absolute atomic E-state index is 0.185. The third kappa shape index (κ3) is 6.25. The summed E-state index contributed by atoms with van der Waals surface area (Å²) >= 11 is 0. The predicted octanol–water partition coefficient (Wildman–Crippen LogP) is 0.110. The average molecular weight is 214 g/mol. The van der Waals surface area contributed by atoms with E-state index in [0.29, 0.717) is 11.4 Å².